The molecule has 0 amide bonds. The summed E-state index contributed by atoms with van der Waals surface area (Å²) in [7, 11) is 1.65. The molecular formula is C11H11N3OS. The molecule has 82 valence electrons. The van der Waals surface area contributed by atoms with E-state index in [4.69, 9.17) is 10.5 Å². The van der Waals surface area contributed by atoms with Crippen LogP contribution in [0.4, 0.5) is 5.95 Å². The fourth-order valence-corrected chi connectivity index (χ4v) is 2.03. The zero-order chi connectivity index (χ0) is 11.4. The fourth-order valence-electron chi connectivity index (χ4n) is 1.20. The molecule has 0 saturated heterocycles. The number of ether oxygens (including phenoxy) is 1. The SMILES string of the molecule is COc1cccc(Sc2ccnc(N)n2)c1. The van der Waals surface area contributed by atoms with E-state index >= 15 is 0 Å². The Bertz CT molecular complexity index is 490. The van der Waals surface area contributed by atoms with Crippen molar-refractivity contribution in [1.29, 1.82) is 0 Å². The predicted molar refractivity (Wildman–Crippen MR) is 63.6 cm³/mol. The van der Waals surface area contributed by atoms with Crippen molar-refractivity contribution >= 4 is 17.7 Å². The Labute approximate surface area is 97.9 Å². The summed E-state index contributed by atoms with van der Waals surface area (Å²) in [5.41, 5.74) is 5.51. The molecule has 2 rings (SSSR count). The van der Waals surface area contributed by atoms with Crippen molar-refractivity contribution in [3.8, 4) is 5.75 Å². The molecule has 0 fully saturated rings. The van der Waals surface area contributed by atoms with Gasteiger partial charge in [0.05, 0.1) is 7.11 Å². The van der Waals surface area contributed by atoms with Gasteiger partial charge in [-0.3, -0.25) is 0 Å². The van der Waals surface area contributed by atoms with Crippen LogP contribution in [-0.2, 0) is 0 Å². The second-order valence-electron chi connectivity index (χ2n) is 3.03. The van der Waals surface area contributed by atoms with Gasteiger partial charge < -0.3 is 10.5 Å². The van der Waals surface area contributed by atoms with Gasteiger partial charge in [0.1, 0.15) is 10.8 Å². The van der Waals surface area contributed by atoms with Gasteiger partial charge in [-0.15, -0.1) is 0 Å². The van der Waals surface area contributed by atoms with Crippen LogP contribution in [0.15, 0.2) is 46.5 Å². The predicted octanol–water partition coefficient (Wildman–Crippen LogP) is 2.22. The molecule has 2 aromatic rings. The molecule has 0 atom stereocenters. The van der Waals surface area contributed by atoms with Crippen molar-refractivity contribution in [2.24, 2.45) is 0 Å². The van der Waals surface area contributed by atoms with Gasteiger partial charge in [-0.05, 0) is 24.3 Å². The number of nitrogens with two attached hydrogens (primary N) is 1. The van der Waals surface area contributed by atoms with Gasteiger partial charge in [-0.2, -0.15) is 0 Å². The van der Waals surface area contributed by atoms with E-state index in [-0.39, 0.29) is 5.95 Å². The van der Waals surface area contributed by atoms with E-state index in [2.05, 4.69) is 9.97 Å². The van der Waals surface area contributed by atoms with Crippen molar-refractivity contribution in [1.82, 2.24) is 9.97 Å². The molecule has 0 aliphatic carbocycles. The zero-order valence-electron chi connectivity index (χ0n) is 8.75. The van der Waals surface area contributed by atoms with E-state index in [0.717, 1.165) is 15.7 Å². The molecule has 2 N–H and O–H groups in total. The number of hydrogen-bond acceptors (Lipinski definition) is 5. The fraction of sp³-hybridized carbons (Fsp3) is 0.0909. The van der Waals surface area contributed by atoms with Gasteiger partial charge in [0, 0.05) is 11.1 Å². The van der Waals surface area contributed by atoms with E-state index in [1.54, 1.807) is 13.3 Å². The van der Waals surface area contributed by atoms with Gasteiger partial charge in [0.2, 0.25) is 5.95 Å². The molecule has 0 saturated carbocycles. The quantitative estimate of drug-likeness (QED) is 0.824. The smallest absolute Gasteiger partial charge is 0.221 e. The van der Waals surface area contributed by atoms with Crippen LogP contribution < -0.4 is 10.5 Å². The lowest BCUT2D eigenvalue weighted by molar-refractivity contribution is 0.413. The highest BCUT2D eigenvalue weighted by atomic mass is 32.2. The first-order valence-electron chi connectivity index (χ1n) is 4.68. The van der Waals surface area contributed by atoms with E-state index in [0.29, 0.717) is 0 Å². The van der Waals surface area contributed by atoms with Gasteiger partial charge in [0.15, 0.2) is 0 Å². The highest BCUT2D eigenvalue weighted by Gasteiger charge is 2.01. The standard InChI is InChI=1S/C11H11N3OS/c1-15-8-3-2-4-9(7-8)16-10-5-6-13-11(12)14-10/h2-7H,1H3,(H2,12,13,14). The lowest BCUT2D eigenvalue weighted by Gasteiger charge is -2.03. The Morgan fingerprint density at radius 2 is 2.19 bits per heavy atom. The summed E-state index contributed by atoms with van der Waals surface area (Å²) in [6.07, 6.45) is 1.64. The summed E-state index contributed by atoms with van der Waals surface area (Å²) in [4.78, 5) is 9.01. The summed E-state index contributed by atoms with van der Waals surface area (Å²) >= 11 is 1.52. The van der Waals surface area contributed by atoms with Crippen molar-refractivity contribution < 1.29 is 4.74 Å². The van der Waals surface area contributed by atoms with Crippen LogP contribution in [0.2, 0.25) is 0 Å². The van der Waals surface area contributed by atoms with Crippen LogP contribution in [-0.4, -0.2) is 17.1 Å². The molecule has 1 aromatic carbocycles. The molecular weight excluding hydrogens is 222 g/mol. The molecule has 0 bridgehead atoms. The van der Waals surface area contributed by atoms with Gasteiger partial charge in [-0.25, -0.2) is 9.97 Å². The Morgan fingerprint density at radius 1 is 1.31 bits per heavy atom. The van der Waals surface area contributed by atoms with Crippen molar-refractivity contribution in [2.75, 3.05) is 12.8 Å². The first-order valence-corrected chi connectivity index (χ1v) is 5.50. The first kappa shape index (κ1) is 10.8. The minimum atomic E-state index is 0.285. The van der Waals surface area contributed by atoms with Gasteiger partial charge >= 0.3 is 0 Å². The molecule has 4 nitrogen and oxygen atoms in total. The maximum absolute atomic E-state index is 5.51. The number of benzene rings is 1. The minimum Gasteiger partial charge on any atom is -0.497 e. The second-order valence-corrected chi connectivity index (χ2v) is 4.13. The second kappa shape index (κ2) is 4.85. The Hall–Kier alpha value is -1.75. The van der Waals surface area contributed by atoms with E-state index < -0.39 is 0 Å². The molecule has 0 radical (unpaired) electrons. The zero-order valence-corrected chi connectivity index (χ0v) is 9.57. The van der Waals surface area contributed by atoms with Crippen LogP contribution in [0.3, 0.4) is 0 Å². The minimum absolute atomic E-state index is 0.285. The molecule has 1 aromatic heterocycles. The van der Waals surface area contributed by atoms with Gasteiger partial charge in [-0.1, -0.05) is 17.8 Å². The number of anilines is 1. The summed E-state index contributed by atoms with van der Waals surface area (Å²) < 4.78 is 5.15. The third-order valence-electron chi connectivity index (χ3n) is 1.91. The van der Waals surface area contributed by atoms with E-state index in [1.807, 2.05) is 30.3 Å². The lowest BCUT2D eigenvalue weighted by atomic mass is 10.3. The highest BCUT2D eigenvalue weighted by molar-refractivity contribution is 7.99. The average molecular weight is 233 g/mol. The van der Waals surface area contributed by atoms with Crippen LogP contribution in [0, 0.1) is 0 Å². The monoisotopic (exact) mass is 233 g/mol. The Morgan fingerprint density at radius 3 is 2.94 bits per heavy atom. The van der Waals surface area contributed by atoms with Crippen LogP contribution in [0.5, 0.6) is 5.75 Å². The molecule has 5 heteroatoms. The number of hydrogen-bond donors (Lipinski definition) is 1. The maximum atomic E-state index is 5.51. The van der Waals surface area contributed by atoms with Crippen LogP contribution >= 0.6 is 11.8 Å². The molecule has 16 heavy (non-hydrogen) atoms. The lowest BCUT2D eigenvalue weighted by Crippen LogP contribution is -1.94. The average Bonchev–Trinajstić information content (AvgIpc) is 2.29. The number of nitrogens with zero attached hydrogens (tertiary/aromatic N) is 2. The third-order valence-corrected chi connectivity index (χ3v) is 2.84. The summed E-state index contributed by atoms with van der Waals surface area (Å²) in [6.45, 7) is 0. The number of nitrogen functional groups attached to an aromatic ring is 1. The van der Waals surface area contributed by atoms with Crippen molar-refractivity contribution in [2.45, 2.75) is 9.92 Å². The largest absolute Gasteiger partial charge is 0.497 e. The van der Waals surface area contributed by atoms with Crippen molar-refractivity contribution in [3.05, 3.63) is 36.5 Å². The molecule has 0 aliphatic heterocycles. The summed E-state index contributed by atoms with van der Waals surface area (Å²) in [5, 5.41) is 0.820. The topological polar surface area (TPSA) is 61.0 Å². The molecule has 0 unspecified atom stereocenters. The Kier molecular flexibility index (Phi) is 3.26. The van der Waals surface area contributed by atoms with Gasteiger partial charge in [0.25, 0.3) is 0 Å². The van der Waals surface area contributed by atoms with Crippen LogP contribution in [0.25, 0.3) is 0 Å². The maximum Gasteiger partial charge on any atom is 0.221 e. The number of aromatic nitrogens is 2. The molecule has 1 heterocycles. The highest BCUT2D eigenvalue weighted by Crippen LogP contribution is 2.28. The summed E-state index contributed by atoms with van der Waals surface area (Å²) in [6, 6.07) is 9.60. The molecule has 0 aliphatic rings. The van der Waals surface area contributed by atoms with E-state index in [9.17, 15) is 0 Å². The number of methoxy groups -OCH3 is 1. The first-order chi connectivity index (χ1) is 7.78. The summed E-state index contributed by atoms with van der Waals surface area (Å²) in [5.74, 6) is 1.11. The molecule has 0 spiro atoms. The number of rotatable bonds is 3. The van der Waals surface area contributed by atoms with Crippen molar-refractivity contribution in [3.63, 3.8) is 0 Å². The third kappa shape index (κ3) is 2.64. The normalized spacial score (nSPS) is 10.1. The Balaban J connectivity index is 2.20. The van der Waals surface area contributed by atoms with E-state index in [1.165, 1.54) is 11.8 Å². The van der Waals surface area contributed by atoms with Crippen LogP contribution in [0.1, 0.15) is 0 Å².